The first-order chi connectivity index (χ1) is 17.0. The van der Waals surface area contributed by atoms with Gasteiger partial charge in [0.25, 0.3) is 11.8 Å². The topological polar surface area (TPSA) is 117 Å². The highest BCUT2D eigenvalue weighted by atomic mass is 16.5. The zero-order valence-electron chi connectivity index (χ0n) is 21.0. The molecule has 2 fully saturated rings. The summed E-state index contributed by atoms with van der Waals surface area (Å²) in [6, 6.07) is 12.8. The van der Waals surface area contributed by atoms with Crippen LogP contribution in [0, 0.1) is 11.3 Å². The molecule has 0 aromatic heterocycles. The van der Waals surface area contributed by atoms with Gasteiger partial charge in [0.2, 0.25) is 5.91 Å². The molecule has 2 atom stereocenters. The fraction of sp³-hybridized carbons (Fsp3) is 0.407. The number of hydrogen-bond acceptors (Lipinski definition) is 5. The number of benzene rings is 2. The van der Waals surface area contributed by atoms with E-state index in [0.717, 1.165) is 11.3 Å². The molecule has 1 aliphatic carbocycles. The van der Waals surface area contributed by atoms with Crippen LogP contribution in [0.3, 0.4) is 0 Å². The lowest BCUT2D eigenvalue weighted by atomic mass is 9.64. The van der Waals surface area contributed by atoms with E-state index in [1.165, 1.54) is 0 Å². The van der Waals surface area contributed by atoms with Gasteiger partial charge >= 0.3 is 6.03 Å². The number of nitrogens with one attached hydrogen (secondary N) is 3. The van der Waals surface area contributed by atoms with Gasteiger partial charge in [-0.15, -0.1) is 0 Å². The molecule has 2 unspecified atom stereocenters. The Balaban J connectivity index is 1.35. The van der Waals surface area contributed by atoms with Crippen LogP contribution in [-0.2, 0) is 9.59 Å². The maximum atomic E-state index is 13.2. The molecule has 0 bridgehead atoms. The monoisotopic (exact) mass is 492 g/mol. The van der Waals surface area contributed by atoms with Gasteiger partial charge in [0.05, 0.1) is 7.11 Å². The number of hydrogen-bond donors (Lipinski definition) is 3. The molecule has 4 rings (SSSR count). The lowest BCUT2D eigenvalue weighted by molar-refractivity contribution is -0.136. The van der Waals surface area contributed by atoms with Crippen LogP contribution >= 0.6 is 0 Å². The van der Waals surface area contributed by atoms with Crippen molar-refractivity contribution in [2.45, 2.75) is 45.6 Å². The minimum Gasteiger partial charge on any atom is -0.497 e. The molecule has 2 aromatic rings. The number of amides is 5. The number of urea groups is 1. The molecule has 1 saturated heterocycles. The van der Waals surface area contributed by atoms with Crippen molar-refractivity contribution in [3.05, 3.63) is 54.1 Å². The predicted molar refractivity (Wildman–Crippen MR) is 136 cm³/mol. The highest BCUT2D eigenvalue weighted by Gasteiger charge is 2.56. The smallest absolute Gasteiger partial charge is 0.325 e. The number of imide groups is 1. The van der Waals surface area contributed by atoms with Crippen molar-refractivity contribution in [3.8, 4) is 5.75 Å². The first kappa shape index (κ1) is 25.2. The van der Waals surface area contributed by atoms with Gasteiger partial charge in [-0.3, -0.25) is 19.3 Å². The Kier molecular flexibility index (Phi) is 6.75. The van der Waals surface area contributed by atoms with E-state index in [-0.39, 0.29) is 29.7 Å². The predicted octanol–water partition coefficient (Wildman–Crippen LogP) is 4.02. The molecule has 1 heterocycles. The number of rotatable bonds is 6. The second-order valence-corrected chi connectivity index (χ2v) is 10.6. The lowest BCUT2D eigenvalue weighted by Crippen LogP contribution is -2.54. The van der Waals surface area contributed by atoms with Crippen molar-refractivity contribution in [3.63, 3.8) is 0 Å². The summed E-state index contributed by atoms with van der Waals surface area (Å²) >= 11 is 0. The van der Waals surface area contributed by atoms with E-state index in [4.69, 9.17) is 4.74 Å². The van der Waals surface area contributed by atoms with Gasteiger partial charge < -0.3 is 20.7 Å². The summed E-state index contributed by atoms with van der Waals surface area (Å²) < 4.78 is 5.11. The Bertz CT molecular complexity index is 1180. The van der Waals surface area contributed by atoms with Crippen LogP contribution < -0.4 is 20.7 Å². The maximum Gasteiger partial charge on any atom is 0.325 e. The summed E-state index contributed by atoms with van der Waals surface area (Å²) in [5.74, 6) is -0.157. The SMILES string of the molecule is COc1ccc(NC(=O)c2ccc(NC(=O)CN3C(=O)NC4(CC(C)CC(C)(C)C4)C3=O)cc2)cc1. The average Bonchev–Trinajstić information content (AvgIpc) is 3.01. The molecule has 2 aromatic carbocycles. The largest absolute Gasteiger partial charge is 0.497 e. The summed E-state index contributed by atoms with van der Waals surface area (Å²) in [5.41, 5.74) is 0.460. The molecule has 190 valence electrons. The summed E-state index contributed by atoms with van der Waals surface area (Å²) in [5, 5.41) is 8.37. The van der Waals surface area contributed by atoms with Crippen LogP contribution in [0.2, 0.25) is 0 Å². The van der Waals surface area contributed by atoms with Crippen molar-refractivity contribution in [2.75, 3.05) is 24.3 Å². The van der Waals surface area contributed by atoms with E-state index < -0.39 is 17.5 Å². The van der Waals surface area contributed by atoms with Gasteiger partial charge in [-0.05, 0) is 79.1 Å². The van der Waals surface area contributed by atoms with Gasteiger partial charge in [0, 0.05) is 16.9 Å². The fourth-order valence-corrected chi connectivity index (χ4v) is 5.58. The summed E-state index contributed by atoms with van der Waals surface area (Å²) in [7, 11) is 1.57. The fourth-order valence-electron chi connectivity index (χ4n) is 5.58. The van der Waals surface area contributed by atoms with Crippen LogP contribution in [0.4, 0.5) is 16.2 Å². The second-order valence-electron chi connectivity index (χ2n) is 10.6. The van der Waals surface area contributed by atoms with E-state index in [2.05, 4.69) is 36.7 Å². The molecule has 3 N–H and O–H groups in total. The van der Waals surface area contributed by atoms with Crippen LogP contribution in [0.5, 0.6) is 5.75 Å². The maximum absolute atomic E-state index is 13.2. The standard InChI is InChI=1S/C27H32N4O5/c1-17-13-26(2,3)16-27(14-17)24(34)31(25(35)30-27)15-22(32)28-19-7-5-18(6-8-19)23(33)29-20-9-11-21(36-4)12-10-20/h5-12,17H,13-16H2,1-4H3,(H,28,32)(H,29,33)(H,30,35). The Morgan fingerprint density at radius 1 is 1.00 bits per heavy atom. The van der Waals surface area contributed by atoms with E-state index >= 15 is 0 Å². The van der Waals surface area contributed by atoms with E-state index in [9.17, 15) is 19.2 Å². The minimum atomic E-state index is -0.947. The van der Waals surface area contributed by atoms with Gasteiger partial charge in [-0.1, -0.05) is 20.8 Å². The first-order valence-corrected chi connectivity index (χ1v) is 12.0. The van der Waals surface area contributed by atoms with Crippen molar-refractivity contribution in [2.24, 2.45) is 11.3 Å². The third-order valence-corrected chi connectivity index (χ3v) is 6.70. The quantitative estimate of drug-likeness (QED) is 0.527. The van der Waals surface area contributed by atoms with E-state index in [1.807, 2.05) is 0 Å². The van der Waals surface area contributed by atoms with Gasteiger partial charge in [-0.25, -0.2) is 4.79 Å². The molecule has 36 heavy (non-hydrogen) atoms. The molecule has 1 saturated carbocycles. The molecular weight excluding hydrogens is 460 g/mol. The molecule has 5 amide bonds. The van der Waals surface area contributed by atoms with E-state index in [0.29, 0.717) is 35.5 Å². The molecule has 0 radical (unpaired) electrons. The van der Waals surface area contributed by atoms with Crippen molar-refractivity contribution >= 4 is 35.1 Å². The van der Waals surface area contributed by atoms with E-state index in [1.54, 1.807) is 55.6 Å². The first-order valence-electron chi connectivity index (χ1n) is 12.0. The molecule has 1 spiro atoms. The minimum absolute atomic E-state index is 0.0830. The van der Waals surface area contributed by atoms with Crippen LogP contribution in [0.1, 0.15) is 50.4 Å². The number of ether oxygens (including phenoxy) is 1. The Hall–Kier alpha value is -3.88. The summed E-state index contributed by atoms with van der Waals surface area (Å²) in [4.78, 5) is 52.0. The third kappa shape index (κ3) is 5.35. The zero-order valence-corrected chi connectivity index (χ0v) is 21.0. The Morgan fingerprint density at radius 3 is 2.22 bits per heavy atom. The Labute approximate surface area is 210 Å². The second kappa shape index (κ2) is 9.64. The van der Waals surface area contributed by atoms with Crippen LogP contribution in [-0.4, -0.2) is 47.8 Å². The number of anilines is 2. The molecule has 1 aliphatic heterocycles. The summed E-state index contributed by atoms with van der Waals surface area (Å²) in [6.45, 7) is 5.90. The third-order valence-electron chi connectivity index (χ3n) is 6.70. The number of methoxy groups -OCH3 is 1. The van der Waals surface area contributed by atoms with Crippen LogP contribution in [0.15, 0.2) is 48.5 Å². The zero-order chi connectivity index (χ0) is 26.1. The molecule has 2 aliphatic rings. The van der Waals surface area contributed by atoms with Gasteiger partial charge in [-0.2, -0.15) is 0 Å². The van der Waals surface area contributed by atoms with Gasteiger partial charge in [0.15, 0.2) is 0 Å². The number of carbonyl (C=O) groups is 4. The van der Waals surface area contributed by atoms with Gasteiger partial charge in [0.1, 0.15) is 17.8 Å². The Morgan fingerprint density at radius 2 is 1.61 bits per heavy atom. The number of carbonyl (C=O) groups excluding carboxylic acids is 4. The number of nitrogens with zero attached hydrogens (tertiary/aromatic N) is 1. The normalized spacial score (nSPS) is 22.8. The van der Waals surface area contributed by atoms with Crippen LogP contribution in [0.25, 0.3) is 0 Å². The molecule has 9 nitrogen and oxygen atoms in total. The average molecular weight is 493 g/mol. The lowest BCUT2D eigenvalue weighted by Gasteiger charge is -2.43. The molecule has 9 heteroatoms. The van der Waals surface area contributed by atoms with Crippen molar-refractivity contribution < 1.29 is 23.9 Å². The van der Waals surface area contributed by atoms with Crippen molar-refractivity contribution in [1.29, 1.82) is 0 Å². The van der Waals surface area contributed by atoms with Crippen molar-refractivity contribution in [1.82, 2.24) is 10.2 Å². The summed E-state index contributed by atoms with van der Waals surface area (Å²) in [6.07, 6.45) is 2.10. The highest BCUT2D eigenvalue weighted by Crippen LogP contribution is 2.46. The molecular formula is C27H32N4O5. The highest BCUT2D eigenvalue weighted by molar-refractivity contribution is 6.10.